The molecule has 3 fully saturated rings. The summed E-state index contributed by atoms with van der Waals surface area (Å²) in [4.78, 5) is 0. The summed E-state index contributed by atoms with van der Waals surface area (Å²) in [7, 11) is 0. The topological polar surface area (TPSA) is 44.5 Å². The molecule has 4 unspecified atom stereocenters. The second-order valence-corrected chi connectivity index (χ2v) is 7.53. The van der Waals surface area contributed by atoms with Gasteiger partial charge in [-0.25, -0.2) is 0 Å². The second-order valence-electron chi connectivity index (χ2n) is 7.53. The summed E-state index contributed by atoms with van der Waals surface area (Å²) in [6, 6.07) is 0.463. The summed E-state index contributed by atoms with van der Waals surface area (Å²) in [5.41, 5.74) is 6.14. The lowest BCUT2D eigenvalue weighted by atomic mass is 9.73. The number of hydrogen-bond donors (Lipinski definition) is 1. The van der Waals surface area contributed by atoms with Gasteiger partial charge in [0.1, 0.15) is 0 Å². The molecule has 3 rings (SSSR count). The highest BCUT2D eigenvalue weighted by atomic mass is 16.7. The lowest BCUT2D eigenvalue weighted by Crippen LogP contribution is -2.35. The number of nitrogens with two attached hydrogens (primary N) is 1. The van der Waals surface area contributed by atoms with Gasteiger partial charge < -0.3 is 15.2 Å². The van der Waals surface area contributed by atoms with Crippen LogP contribution in [-0.2, 0) is 9.47 Å². The molecule has 1 aliphatic heterocycles. The third-order valence-electron chi connectivity index (χ3n) is 6.31. The van der Waals surface area contributed by atoms with Gasteiger partial charge in [-0.15, -0.1) is 0 Å². The van der Waals surface area contributed by atoms with Crippen LogP contribution in [0.1, 0.15) is 71.1 Å². The van der Waals surface area contributed by atoms with Crippen LogP contribution in [0.3, 0.4) is 0 Å². The van der Waals surface area contributed by atoms with Crippen molar-refractivity contribution in [3.8, 4) is 0 Å². The van der Waals surface area contributed by atoms with Crippen LogP contribution in [0.2, 0.25) is 0 Å². The zero-order valence-electron chi connectivity index (χ0n) is 13.7. The van der Waals surface area contributed by atoms with E-state index in [0.717, 1.165) is 31.5 Å². The largest absolute Gasteiger partial charge is 0.347 e. The molecule has 0 amide bonds. The highest BCUT2D eigenvalue weighted by Gasteiger charge is 2.47. The summed E-state index contributed by atoms with van der Waals surface area (Å²) in [6.45, 7) is 3.94. The monoisotopic (exact) mass is 295 g/mol. The fourth-order valence-corrected chi connectivity index (χ4v) is 5.10. The number of rotatable bonds is 5. The predicted octanol–water partition coefficient (Wildman–Crippen LogP) is 3.85. The minimum atomic E-state index is -0.181. The zero-order valence-corrected chi connectivity index (χ0v) is 13.7. The van der Waals surface area contributed by atoms with Crippen LogP contribution >= 0.6 is 0 Å². The first kappa shape index (κ1) is 15.8. The first-order valence-electron chi connectivity index (χ1n) is 9.27. The molecular formula is C18H33NO2. The fraction of sp³-hybridized carbons (Fsp3) is 1.00. The number of hydrogen-bond acceptors (Lipinski definition) is 3. The fourth-order valence-electron chi connectivity index (χ4n) is 5.10. The molecule has 2 saturated carbocycles. The summed E-state index contributed by atoms with van der Waals surface area (Å²) in [5, 5.41) is 0. The average Bonchev–Trinajstić information content (AvgIpc) is 3.12. The molecule has 1 spiro atoms. The summed E-state index contributed by atoms with van der Waals surface area (Å²) < 4.78 is 11.9. The Kier molecular flexibility index (Phi) is 5.23. The van der Waals surface area contributed by atoms with Gasteiger partial charge in [0.25, 0.3) is 0 Å². The minimum absolute atomic E-state index is 0.181. The quantitative estimate of drug-likeness (QED) is 0.838. The normalized spacial score (nSPS) is 39.1. The van der Waals surface area contributed by atoms with Gasteiger partial charge in [0.05, 0.1) is 13.2 Å². The maximum Gasteiger partial charge on any atom is 0.171 e. The van der Waals surface area contributed by atoms with Crippen molar-refractivity contribution >= 4 is 0 Å². The lowest BCUT2D eigenvalue weighted by molar-refractivity contribution is -0.182. The maximum atomic E-state index is 6.14. The molecule has 0 aromatic carbocycles. The van der Waals surface area contributed by atoms with Crippen LogP contribution in [0.25, 0.3) is 0 Å². The van der Waals surface area contributed by atoms with Crippen LogP contribution in [0.4, 0.5) is 0 Å². The molecule has 1 saturated heterocycles. The van der Waals surface area contributed by atoms with Gasteiger partial charge in [-0.1, -0.05) is 26.2 Å². The van der Waals surface area contributed by atoms with E-state index in [-0.39, 0.29) is 5.79 Å². The Labute approximate surface area is 129 Å². The smallest absolute Gasteiger partial charge is 0.171 e. The van der Waals surface area contributed by atoms with E-state index in [4.69, 9.17) is 15.2 Å². The lowest BCUT2D eigenvalue weighted by Gasteiger charge is -2.35. The van der Waals surface area contributed by atoms with Crippen molar-refractivity contribution in [1.82, 2.24) is 0 Å². The standard InChI is InChI=1S/C18H33NO2/c1-2-14-13-17(19)9-8-15(14)5-3-6-16-7-4-10-18(16)20-11-12-21-18/h14-17H,2-13,19H2,1H3. The van der Waals surface area contributed by atoms with Crippen molar-refractivity contribution in [2.45, 2.75) is 83.0 Å². The molecule has 0 aromatic rings. The van der Waals surface area contributed by atoms with E-state index in [1.807, 2.05) is 0 Å². The van der Waals surface area contributed by atoms with E-state index in [1.165, 1.54) is 57.8 Å². The van der Waals surface area contributed by atoms with E-state index < -0.39 is 0 Å². The summed E-state index contributed by atoms with van der Waals surface area (Å²) in [6.07, 6.45) is 12.9. The van der Waals surface area contributed by atoms with Gasteiger partial charge in [0, 0.05) is 18.4 Å². The molecule has 3 heteroatoms. The molecule has 3 aliphatic rings. The van der Waals surface area contributed by atoms with E-state index in [9.17, 15) is 0 Å². The molecule has 2 N–H and O–H groups in total. The van der Waals surface area contributed by atoms with Crippen LogP contribution in [0.5, 0.6) is 0 Å². The zero-order chi connectivity index (χ0) is 14.7. The van der Waals surface area contributed by atoms with Crippen LogP contribution in [0, 0.1) is 17.8 Å². The SMILES string of the molecule is CCC1CC(N)CCC1CCCC1CCCC12OCCO2. The third kappa shape index (κ3) is 3.46. The van der Waals surface area contributed by atoms with Gasteiger partial charge in [-0.05, 0) is 50.4 Å². The molecule has 4 atom stereocenters. The maximum absolute atomic E-state index is 6.14. The molecule has 2 aliphatic carbocycles. The van der Waals surface area contributed by atoms with Crippen molar-refractivity contribution in [2.75, 3.05) is 13.2 Å². The van der Waals surface area contributed by atoms with Gasteiger partial charge in [0.15, 0.2) is 5.79 Å². The molecule has 0 aromatic heterocycles. The Hall–Kier alpha value is -0.120. The van der Waals surface area contributed by atoms with Crippen molar-refractivity contribution in [1.29, 1.82) is 0 Å². The van der Waals surface area contributed by atoms with Crippen molar-refractivity contribution in [2.24, 2.45) is 23.5 Å². The van der Waals surface area contributed by atoms with Crippen molar-refractivity contribution in [3.05, 3.63) is 0 Å². The van der Waals surface area contributed by atoms with Crippen LogP contribution in [-0.4, -0.2) is 25.0 Å². The van der Waals surface area contributed by atoms with E-state index in [0.29, 0.717) is 12.0 Å². The molecule has 122 valence electrons. The molecule has 0 radical (unpaired) electrons. The first-order valence-corrected chi connectivity index (χ1v) is 9.27. The number of ether oxygens (including phenoxy) is 2. The van der Waals surface area contributed by atoms with Gasteiger partial charge in [-0.3, -0.25) is 0 Å². The molecule has 3 nitrogen and oxygen atoms in total. The third-order valence-corrected chi connectivity index (χ3v) is 6.31. The van der Waals surface area contributed by atoms with Gasteiger partial charge >= 0.3 is 0 Å². The highest BCUT2D eigenvalue weighted by Crippen LogP contribution is 2.45. The molecule has 0 bridgehead atoms. The molecular weight excluding hydrogens is 262 g/mol. The van der Waals surface area contributed by atoms with Crippen molar-refractivity contribution < 1.29 is 9.47 Å². The molecule has 1 heterocycles. The van der Waals surface area contributed by atoms with Crippen LogP contribution < -0.4 is 5.73 Å². The Bertz CT molecular complexity index is 322. The predicted molar refractivity (Wildman–Crippen MR) is 84.9 cm³/mol. The van der Waals surface area contributed by atoms with E-state index in [2.05, 4.69) is 6.92 Å². The summed E-state index contributed by atoms with van der Waals surface area (Å²) in [5.74, 6) is 2.24. The highest BCUT2D eigenvalue weighted by molar-refractivity contribution is 4.89. The second kappa shape index (κ2) is 6.97. The Morgan fingerprint density at radius 3 is 2.62 bits per heavy atom. The van der Waals surface area contributed by atoms with Crippen LogP contribution in [0.15, 0.2) is 0 Å². The summed E-state index contributed by atoms with van der Waals surface area (Å²) >= 11 is 0. The average molecular weight is 295 g/mol. The first-order chi connectivity index (χ1) is 10.2. The molecule has 21 heavy (non-hydrogen) atoms. The van der Waals surface area contributed by atoms with Gasteiger partial charge in [0.2, 0.25) is 0 Å². The Balaban J connectivity index is 1.45. The Morgan fingerprint density at radius 2 is 1.86 bits per heavy atom. The van der Waals surface area contributed by atoms with Crippen molar-refractivity contribution in [3.63, 3.8) is 0 Å². The van der Waals surface area contributed by atoms with E-state index in [1.54, 1.807) is 0 Å². The van der Waals surface area contributed by atoms with Gasteiger partial charge in [-0.2, -0.15) is 0 Å². The Morgan fingerprint density at radius 1 is 1.05 bits per heavy atom. The minimum Gasteiger partial charge on any atom is -0.347 e. The van der Waals surface area contributed by atoms with E-state index >= 15 is 0 Å².